The lowest BCUT2D eigenvalue weighted by Crippen LogP contribution is -2.44. The van der Waals surface area contributed by atoms with Gasteiger partial charge >= 0.3 is 0 Å². The fourth-order valence-electron chi connectivity index (χ4n) is 2.55. The molecule has 2 rings (SSSR count). The van der Waals surface area contributed by atoms with Crippen LogP contribution in [0.1, 0.15) is 28.8 Å². The highest BCUT2D eigenvalue weighted by Crippen LogP contribution is 2.21. The van der Waals surface area contributed by atoms with Crippen molar-refractivity contribution in [2.45, 2.75) is 25.8 Å². The van der Waals surface area contributed by atoms with Crippen LogP contribution >= 0.6 is 0 Å². The number of nitrogens with two attached hydrogens (primary N) is 1. The van der Waals surface area contributed by atoms with E-state index in [9.17, 15) is 14.0 Å². The third-order valence-corrected chi connectivity index (χ3v) is 3.78. The van der Waals surface area contributed by atoms with Crippen molar-refractivity contribution in [1.29, 1.82) is 0 Å². The zero-order chi connectivity index (χ0) is 16.3. The summed E-state index contributed by atoms with van der Waals surface area (Å²) in [5.74, 6) is -1.38. The van der Waals surface area contributed by atoms with E-state index in [0.717, 1.165) is 12.8 Å². The number of hydrogen-bond acceptors (Lipinski definition) is 4. The first-order valence-corrected chi connectivity index (χ1v) is 7.06. The van der Waals surface area contributed by atoms with Gasteiger partial charge in [-0.2, -0.15) is 0 Å². The maximum Gasteiger partial charge on any atom is 0.250 e. The van der Waals surface area contributed by atoms with E-state index in [-0.39, 0.29) is 28.9 Å². The molecule has 2 heterocycles. The number of hydrogen-bond donors (Lipinski definition) is 2. The number of likely N-dealkylation sites (tertiary alicyclic amines) is 1. The largest absolute Gasteiger partial charge is 0.366 e. The van der Waals surface area contributed by atoms with Crippen LogP contribution in [0.2, 0.25) is 0 Å². The summed E-state index contributed by atoms with van der Waals surface area (Å²) in [6.45, 7) is 6.08. The van der Waals surface area contributed by atoms with Crippen LogP contribution in [-0.2, 0) is 4.79 Å². The highest BCUT2D eigenvalue weighted by molar-refractivity contribution is 5.94. The van der Waals surface area contributed by atoms with Crippen LogP contribution in [0, 0.1) is 12.7 Å². The number of aromatic nitrogens is 1. The van der Waals surface area contributed by atoms with E-state index in [1.165, 1.54) is 19.2 Å². The van der Waals surface area contributed by atoms with E-state index in [4.69, 9.17) is 5.73 Å². The second-order valence-electron chi connectivity index (χ2n) is 5.30. The lowest BCUT2D eigenvalue weighted by molar-refractivity contribution is -0.127. The number of halogens is 1. The van der Waals surface area contributed by atoms with Crippen molar-refractivity contribution < 1.29 is 14.0 Å². The summed E-state index contributed by atoms with van der Waals surface area (Å²) in [6, 6.07) is -0.0986. The molecule has 22 heavy (non-hydrogen) atoms. The molecule has 1 aliphatic rings. The number of primary amides is 1. The van der Waals surface area contributed by atoms with E-state index in [2.05, 4.69) is 16.9 Å². The van der Waals surface area contributed by atoms with E-state index in [1.54, 1.807) is 4.90 Å². The van der Waals surface area contributed by atoms with Gasteiger partial charge in [0.15, 0.2) is 11.6 Å². The Hall–Kier alpha value is -2.44. The Morgan fingerprint density at radius 1 is 1.59 bits per heavy atom. The van der Waals surface area contributed by atoms with Crippen LogP contribution in [0.15, 0.2) is 18.9 Å². The minimum Gasteiger partial charge on any atom is -0.366 e. The summed E-state index contributed by atoms with van der Waals surface area (Å²) in [5.41, 5.74) is 5.40. The molecule has 1 aliphatic heterocycles. The number of nitrogens with zero attached hydrogens (tertiary/aromatic N) is 2. The van der Waals surface area contributed by atoms with Crippen molar-refractivity contribution in [2.75, 3.05) is 18.4 Å². The zero-order valence-corrected chi connectivity index (χ0v) is 12.4. The summed E-state index contributed by atoms with van der Waals surface area (Å²) in [4.78, 5) is 28.4. The van der Waals surface area contributed by atoms with Gasteiger partial charge in [0.25, 0.3) is 5.91 Å². The molecule has 2 amide bonds. The lowest BCUT2D eigenvalue weighted by Gasteiger charge is -2.33. The average molecular weight is 306 g/mol. The van der Waals surface area contributed by atoms with Crippen LogP contribution in [0.25, 0.3) is 0 Å². The molecule has 0 saturated carbocycles. The lowest BCUT2D eigenvalue weighted by atomic mass is 10.0. The molecule has 0 spiro atoms. The standard InChI is InChI=1S/C15H19FN4O2/c1-3-12(21)20-6-4-5-10(8-20)19-15-13(16)9(2)11(7-18-15)14(17)22/h3,7,10H,1,4-6,8H2,2H3,(H2,17,22)(H,18,19). The van der Waals surface area contributed by atoms with Crippen LogP contribution < -0.4 is 11.1 Å². The van der Waals surface area contributed by atoms with Gasteiger partial charge in [-0.15, -0.1) is 0 Å². The first kappa shape index (κ1) is 15.9. The second kappa shape index (κ2) is 6.55. The molecule has 0 radical (unpaired) electrons. The third kappa shape index (κ3) is 3.24. The Morgan fingerprint density at radius 3 is 2.95 bits per heavy atom. The summed E-state index contributed by atoms with van der Waals surface area (Å²) >= 11 is 0. The molecular weight excluding hydrogens is 287 g/mol. The van der Waals surface area contributed by atoms with Gasteiger partial charge in [0.05, 0.1) is 5.56 Å². The average Bonchev–Trinajstić information content (AvgIpc) is 2.51. The van der Waals surface area contributed by atoms with Crippen molar-refractivity contribution in [3.05, 3.63) is 35.8 Å². The normalized spacial score (nSPS) is 17.9. The van der Waals surface area contributed by atoms with Gasteiger partial charge < -0.3 is 16.0 Å². The van der Waals surface area contributed by atoms with Crippen molar-refractivity contribution in [1.82, 2.24) is 9.88 Å². The number of nitrogens with one attached hydrogen (secondary N) is 1. The van der Waals surface area contributed by atoms with Crippen LogP contribution in [0.4, 0.5) is 10.2 Å². The summed E-state index contributed by atoms with van der Waals surface area (Å²) < 4.78 is 14.3. The van der Waals surface area contributed by atoms with Gasteiger partial charge in [0.2, 0.25) is 5.91 Å². The fourth-order valence-corrected chi connectivity index (χ4v) is 2.55. The Kier molecular flexibility index (Phi) is 4.75. The van der Waals surface area contributed by atoms with Gasteiger partial charge in [0, 0.05) is 30.9 Å². The third-order valence-electron chi connectivity index (χ3n) is 3.78. The molecule has 0 aliphatic carbocycles. The minimum absolute atomic E-state index is 0.0650. The monoisotopic (exact) mass is 306 g/mol. The van der Waals surface area contributed by atoms with Gasteiger partial charge in [0.1, 0.15) is 0 Å². The van der Waals surface area contributed by atoms with Gasteiger partial charge in [-0.3, -0.25) is 9.59 Å². The molecule has 0 aromatic carbocycles. The SMILES string of the molecule is C=CC(=O)N1CCCC(Nc2ncc(C(N)=O)c(C)c2F)C1. The van der Waals surface area contributed by atoms with Crippen molar-refractivity contribution >= 4 is 17.6 Å². The maximum atomic E-state index is 14.3. The van der Waals surface area contributed by atoms with E-state index >= 15 is 0 Å². The summed E-state index contributed by atoms with van der Waals surface area (Å²) in [6.07, 6.45) is 4.15. The van der Waals surface area contributed by atoms with Gasteiger partial charge in [-0.25, -0.2) is 9.37 Å². The molecule has 0 bridgehead atoms. The smallest absolute Gasteiger partial charge is 0.250 e. The number of carbonyl (C=O) groups is 2. The van der Waals surface area contributed by atoms with Crippen molar-refractivity contribution in [3.8, 4) is 0 Å². The highest BCUT2D eigenvalue weighted by atomic mass is 19.1. The highest BCUT2D eigenvalue weighted by Gasteiger charge is 2.24. The molecule has 1 unspecified atom stereocenters. The molecule has 1 fully saturated rings. The number of piperidine rings is 1. The molecule has 6 nitrogen and oxygen atoms in total. The fraction of sp³-hybridized carbons (Fsp3) is 0.400. The van der Waals surface area contributed by atoms with Crippen molar-refractivity contribution in [2.24, 2.45) is 5.73 Å². The topological polar surface area (TPSA) is 88.3 Å². The molecule has 1 atom stereocenters. The molecule has 1 saturated heterocycles. The van der Waals surface area contributed by atoms with Crippen LogP contribution in [0.3, 0.4) is 0 Å². The predicted molar refractivity (Wildman–Crippen MR) is 80.9 cm³/mol. The quantitative estimate of drug-likeness (QED) is 0.819. The van der Waals surface area contributed by atoms with Gasteiger partial charge in [-0.05, 0) is 25.8 Å². The maximum absolute atomic E-state index is 14.3. The number of amides is 2. The molecule has 1 aromatic heterocycles. The molecule has 7 heteroatoms. The number of rotatable bonds is 4. The van der Waals surface area contributed by atoms with Crippen LogP contribution in [0.5, 0.6) is 0 Å². The van der Waals surface area contributed by atoms with Crippen molar-refractivity contribution in [3.63, 3.8) is 0 Å². The summed E-state index contributed by atoms with van der Waals surface area (Å²) in [7, 11) is 0. The Bertz CT molecular complexity index is 618. The Balaban J connectivity index is 2.14. The molecule has 118 valence electrons. The van der Waals surface area contributed by atoms with Gasteiger partial charge in [-0.1, -0.05) is 6.58 Å². The number of pyridine rings is 1. The molecule has 1 aromatic rings. The predicted octanol–water partition coefficient (Wildman–Crippen LogP) is 1.22. The summed E-state index contributed by atoms with van der Waals surface area (Å²) in [5, 5.41) is 3.00. The molecule has 3 N–H and O–H groups in total. The minimum atomic E-state index is -0.712. The molecular formula is C15H19FN4O2. The Morgan fingerprint density at radius 2 is 2.32 bits per heavy atom. The van der Waals surface area contributed by atoms with E-state index in [0.29, 0.717) is 13.1 Å². The Labute approximate surface area is 128 Å². The van der Waals surface area contributed by atoms with Crippen LogP contribution in [-0.4, -0.2) is 40.8 Å². The number of anilines is 1. The first-order chi connectivity index (χ1) is 10.4. The second-order valence-corrected chi connectivity index (χ2v) is 5.30. The zero-order valence-electron chi connectivity index (χ0n) is 12.4. The van der Waals surface area contributed by atoms with E-state index < -0.39 is 11.7 Å². The number of carbonyl (C=O) groups excluding carboxylic acids is 2. The first-order valence-electron chi connectivity index (χ1n) is 7.06. The van der Waals surface area contributed by atoms with E-state index in [1.807, 2.05) is 0 Å².